The van der Waals surface area contributed by atoms with E-state index >= 15 is 0 Å². The van der Waals surface area contributed by atoms with Crippen molar-refractivity contribution < 1.29 is 9.53 Å². The molecule has 0 saturated carbocycles. The number of carbonyl (C=O) groups is 1. The molecule has 0 unspecified atom stereocenters. The third-order valence-electron chi connectivity index (χ3n) is 3.99. The highest BCUT2D eigenvalue weighted by molar-refractivity contribution is 5.82. The van der Waals surface area contributed by atoms with Crippen molar-refractivity contribution >= 4 is 5.91 Å². The van der Waals surface area contributed by atoms with Crippen molar-refractivity contribution in [3.63, 3.8) is 0 Å². The van der Waals surface area contributed by atoms with Crippen LogP contribution in [0.3, 0.4) is 0 Å². The molecule has 0 bridgehead atoms. The summed E-state index contributed by atoms with van der Waals surface area (Å²) < 4.78 is 5.37. The zero-order chi connectivity index (χ0) is 13.0. The Balaban J connectivity index is 1.91. The van der Waals surface area contributed by atoms with Crippen molar-refractivity contribution in [2.24, 2.45) is 5.92 Å². The van der Waals surface area contributed by atoms with Crippen molar-refractivity contribution in [3.05, 3.63) is 0 Å². The summed E-state index contributed by atoms with van der Waals surface area (Å²) in [7, 11) is 0. The van der Waals surface area contributed by atoms with E-state index in [2.05, 4.69) is 19.2 Å². The van der Waals surface area contributed by atoms with Crippen molar-refractivity contribution in [1.82, 2.24) is 10.2 Å². The maximum absolute atomic E-state index is 12.5. The Kier molecular flexibility index (Phi) is 5.01. The van der Waals surface area contributed by atoms with E-state index < -0.39 is 0 Å². The lowest BCUT2D eigenvalue weighted by Gasteiger charge is -2.32. The molecule has 2 fully saturated rings. The molecular formula is C14H26N2O2. The normalized spacial score (nSPS) is 23.6. The fraction of sp³-hybridized carbons (Fsp3) is 0.929. The molecule has 2 aliphatic rings. The SMILES string of the molecule is CC(C)[C@@H](NC1CCOCC1)C(=O)N1CCCC1. The van der Waals surface area contributed by atoms with E-state index in [0.29, 0.717) is 17.9 Å². The van der Waals surface area contributed by atoms with E-state index in [4.69, 9.17) is 4.74 Å². The van der Waals surface area contributed by atoms with Gasteiger partial charge in [-0.25, -0.2) is 0 Å². The molecule has 0 aromatic carbocycles. The average molecular weight is 254 g/mol. The Hall–Kier alpha value is -0.610. The van der Waals surface area contributed by atoms with Gasteiger partial charge in [0.15, 0.2) is 0 Å². The topological polar surface area (TPSA) is 41.6 Å². The Morgan fingerprint density at radius 2 is 1.83 bits per heavy atom. The Bertz CT molecular complexity index is 269. The number of likely N-dealkylation sites (tertiary alicyclic amines) is 1. The fourth-order valence-electron chi connectivity index (χ4n) is 2.80. The molecule has 4 nitrogen and oxygen atoms in total. The van der Waals surface area contributed by atoms with Crippen LogP contribution in [0.25, 0.3) is 0 Å². The molecule has 2 rings (SSSR count). The van der Waals surface area contributed by atoms with Crippen molar-refractivity contribution in [2.75, 3.05) is 26.3 Å². The van der Waals surface area contributed by atoms with Crippen LogP contribution in [0.1, 0.15) is 39.5 Å². The van der Waals surface area contributed by atoms with Crippen LogP contribution in [0.2, 0.25) is 0 Å². The van der Waals surface area contributed by atoms with Gasteiger partial charge in [0.1, 0.15) is 0 Å². The molecule has 18 heavy (non-hydrogen) atoms. The molecule has 0 aromatic rings. The van der Waals surface area contributed by atoms with Crippen LogP contribution < -0.4 is 5.32 Å². The fourth-order valence-corrected chi connectivity index (χ4v) is 2.80. The van der Waals surface area contributed by atoms with E-state index in [1.54, 1.807) is 0 Å². The summed E-state index contributed by atoms with van der Waals surface area (Å²) in [6.07, 6.45) is 4.37. The first-order chi connectivity index (χ1) is 8.68. The predicted octanol–water partition coefficient (Wildman–Crippen LogP) is 1.40. The minimum atomic E-state index is -0.0220. The Labute approximate surface area is 110 Å². The summed E-state index contributed by atoms with van der Waals surface area (Å²) >= 11 is 0. The van der Waals surface area contributed by atoms with Gasteiger partial charge in [-0.05, 0) is 31.6 Å². The summed E-state index contributed by atoms with van der Waals surface area (Å²) in [5.41, 5.74) is 0. The van der Waals surface area contributed by atoms with Crippen molar-refractivity contribution in [1.29, 1.82) is 0 Å². The first kappa shape index (κ1) is 13.8. The Morgan fingerprint density at radius 3 is 2.39 bits per heavy atom. The van der Waals surface area contributed by atoms with Gasteiger partial charge >= 0.3 is 0 Å². The van der Waals surface area contributed by atoms with Crippen LogP contribution in [0.4, 0.5) is 0 Å². The molecule has 4 heteroatoms. The van der Waals surface area contributed by atoms with E-state index in [-0.39, 0.29) is 6.04 Å². The van der Waals surface area contributed by atoms with Crippen LogP contribution in [0, 0.1) is 5.92 Å². The highest BCUT2D eigenvalue weighted by Crippen LogP contribution is 2.15. The van der Waals surface area contributed by atoms with Gasteiger partial charge in [0.2, 0.25) is 5.91 Å². The van der Waals surface area contributed by atoms with Gasteiger partial charge < -0.3 is 15.0 Å². The van der Waals surface area contributed by atoms with Gasteiger partial charge in [-0.2, -0.15) is 0 Å². The van der Waals surface area contributed by atoms with Crippen LogP contribution in [0.15, 0.2) is 0 Å². The first-order valence-corrected chi connectivity index (χ1v) is 7.31. The lowest BCUT2D eigenvalue weighted by molar-refractivity contribution is -0.134. The molecule has 1 atom stereocenters. The van der Waals surface area contributed by atoms with Crippen molar-refractivity contribution in [2.45, 2.75) is 51.6 Å². The maximum atomic E-state index is 12.5. The Morgan fingerprint density at radius 1 is 1.22 bits per heavy atom. The highest BCUT2D eigenvalue weighted by atomic mass is 16.5. The molecule has 2 aliphatic heterocycles. The zero-order valence-electron chi connectivity index (χ0n) is 11.7. The second kappa shape index (κ2) is 6.53. The maximum Gasteiger partial charge on any atom is 0.239 e. The van der Waals surface area contributed by atoms with Crippen LogP contribution >= 0.6 is 0 Å². The summed E-state index contributed by atoms with van der Waals surface area (Å²) in [5.74, 6) is 0.648. The third kappa shape index (κ3) is 3.45. The largest absolute Gasteiger partial charge is 0.381 e. The summed E-state index contributed by atoms with van der Waals surface area (Å²) in [5, 5.41) is 3.56. The van der Waals surface area contributed by atoms with E-state index in [1.807, 2.05) is 4.90 Å². The van der Waals surface area contributed by atoms with Crippen LogP contribution in [-0.4, -0.2) is 49.2 Å². The number of hydrogen-bond acceptors (Lipinski definition) is 3. The van der Waals surface area contributed by atoms with E-state index in [0.717, 1.165) is 52.0 Å². The molecule has 0 radical (unpaired) electrons. The summed E-state index contributed by atoms with van der Waals surface area (Å²) in [4.78, 5) is 14.5. The first-order valence-electron chi connectivity index (χ1n) is 7.31. The quantitative estimate of drug-likeness (QED) is 0.824. The van der Waals surface area contributed by atoms with Gasteiger partial charge in [0.05, 0.1) is 6.04 Å². The number of carbonyl (C=O) groups excluding carboxylic acids is 1. The monoisotopic (exact) mass is 254 g/mol. The van der Waals surface area contributed by atoms with Gasteiger partial charge in [-0.1, -0.05) is 13.8 Å². The lowest BCUT2D eigenvalue weighted by Crippen LogP contribution is -2.52. The number of ether oxygens (including phenoxy) is 1. The zero-order valence-corrected chi connectivity index (χ0v) is 11.7. The van der Waals surface area contributed by atoms with Crippen molar-refractivity contribution in [3.8, 4) is 0 Å². The average Bonchev–Trinajstić information content (AvgIpc) is 2.90. The van der Waals surface area contributed by atoms with Crippen LogP contribution in [-0.2, 0) is 9.53 Å². The number of hydrogen-bond donors (Lipinski definition) is 1. The molecule has 0 aromatic heterocycles. The number of amides is 1. The second-order valence-electron chi connectivity index (χ2n) is 5.81. The second-order valence-corrected chi connectivity index (χ2v) is 5.81. The molecule has 1 N–H and O–H groups in total. The van der Waals surface area contributed by atoms with Gasteiger partial charge in [0.25, 0.3) is 0 Å². The highest BCUT2D eigenvalue weighted by Gasteiger charge is 2.30. The minimum Gasteiger partial charge on any atom is -0.381 e. The minimum absolute atomic E-state index is 0.0220. The van der Waals surface area contributed by atoms with Crippen LogP contribution in [0.5, 0.6) is 0 Å². The molecule has 0 aliphatic carbocycles. The number of nitrogens with zero attached hydrogens (tertiary/aromatic N) is 1. The molecule has 2 heterocycles. The summed E-state index contributed by atoms with van der Waals surface area (Å²) in [6.45, 7) is 7.78. The smallest absolute Gasteiger partial charge is 0.239 e. The van der Waals surface area contributed by atoms with Gasteiger partial charge in [0, 0.05) is 32.3 Å². The summed E-state index contributed by atoms with van der Waals surface area (Å²) in [6, 6.07) is 0.420. The van der Waals surface area contributed by atoms with Gasteiger partial charge in [-0.15, -0.1) is 0 Å². The van der Waals surface area contributed by atoms with Gasteiger partial charge in [-0.3, -0.25) is 4.79 Å². The molecule has 0 spiro atoms. The molecule has 104 valence electrons. The molecule has 2 saturated heterocycles. The number of rotatable bonds is 4. The van der Waals surface area contributed by atoms with E-state index in [1.165, 1.54) is 0 Å². The lowest BCUT2D eigenvalue weighted by atomic mass is 9.99. The number of nitrogens with one attached hydrogen (secondary N) is 1. The third-order valence-corrected chi connectivity index (χ3v) is 3.99. The molecule has 1 amide bonds. The standard InChI is InChI=1S/C14H26N2O2/c1-11(2)13(14(17)16-7-3-4-8-16)15-12-5-9-18-10-6-12/h11-13,15H,3-10H2,1-2H3/t13-/m1/s1. The van der Waals surface area contributed by atoms with E-state index in [9.17, 15) is 4.79 Å². The predicted molar refractivity (Wildman–Crippen MR) is 71.4 cm³/mol. The molecular weight excluding hydrogens is 228 g/mol.